The largest absolute Gasteiger partial charge is 0.456 e. The lowest BCUT2D eigenvalue weighted by Crippen LogP contribution is -2.21. The van der Waals surface area contributed by atoms with Gasteiger partial charge < -0.3 is 15.4 Å². The molecule has 0 aliphatic carbocycles. The molecule has 0 radical (unpaired) electrons. The number of amides is 2. The Morgan fingerprint density at radius 1 is 0.846 bits per heavy atom. The maximum absolute atomic E-state index is 11.8. The molecule has 8 heteroatoms. The van der Waals surface area contributed by atoms with E-state index in [1.165, 1.54) is 0 Å². The molecule has 2 amide bonds. The topological polar surface area (TPSA) is 84.5 Å². The highest BCUT2D eigenvalue weighted by atomic mass is 79.9. The van der Waals surface area contributed by atoms with Gasteiger partial charge in [-0.15, -0.1) is 0 Å². The Bertz CT molecular complexity index is 713. The lowest BCUT2D eigenvalue weighted by Gasteiger charge is -2.07. The third-order valence-corrected chi connectivity index (χ3v) is 3.96. The van der Waals surface area contributed by atoms with Crippen molar-refractivity contribution in [3.63, 3.8) is 0 Å². The first-order valence-electron chi connectivity index (χ1n) is 7.69. The van der Waals surface area contributed by atoms with E-state index in [0.717, 1.165) is 4.47 Å². The predicted molar refractivity (Wildman–Crippen MR) is 103 cm³/mol. The molecule has 0 atom stereocenters. The van der Waals surface area contributed by atoms with E-state index >= 15 is 0 Å². The minimum absolute atomic E-state index is 0.0340. The van der Waals surface area contributed by atoms with Crippen LogP contribution >= 0.6 is 27.5 Å². The molecule has 26 heavy (non-hydrogen) atoms. The maximum atomic E-state index is 11.8. The highest BCUT2D eigenvalue weighted by molar-refractivity contribution is 9.10. The summed E-state index contributed by atoms with van der Waals surface area (Å²) in [5.74, 6) is -1.41. The lowest BCUT2D eigenvalue weighted by atomic mass is 10.2. The zero-order valence-electron chi connectivity index (χ0n) is 13.6. The Labute approximate surface area is 164 Å². The van der Waals surface area contributed by atoms with Crippen LogP contribution in [-0.4, -0.2) is 24.4 Å². The van der Waals surface area contributed by atoms with Gasteiger partial charge in [0.25, 0.3) is 5.91 Å². The van der Waals surface area contributed by atoms with Crippen molar-refractivity contribution in [1.82, 2.24) is 0 Å². The first kappa shape index (κ1) is 19.9. The van der Waals surface area contributed by atoms with Crippen LogP contribution in [0.15, 0.2) is 53.0 Å². The normalized spacial score (nSPS) is 10.1. The molecular formula is C18H16BrClN2O4. The summed E-state index contributed by atoms with van der Waals surface area (Å²) in [5.41, 5.74) is 1.18. The van der Waals surface area contributed by atoms with Gasteiger partial charge in [0.05, 0.1) is 6.42 Å². The molecule has 0 aliphatic rings. The number of anilines is 2. The fourth-order valence-electron chi connectivity index (χ4n) is 1.92. The smallest absolute Gasteiger partial charge is 0.306 e. The van der Waals surface area contributed by atoms with Crippen LogP contribution in [-0.2, 0) is 19.1 Å². The molecule has 0 saturated heterocycles. The second-order valence-electron chi connectivity index (χ2n) is 5.27. The summed E-state index contributed by atoms with van der Waals surface area (Å²) in [6.45, 7) is -0.421. The summed E-state index contributed by atoms with van der Waals surface area (Å²) < 4.78 is 5.75. The molecule has 2 rings (SSSR count). The van der Waals surface area contributed by atoms with Gasteiger partial charge in [-0.1, -0.05) is 27.5 Å². The van der Waals surface area contributed by atoms with Gasteiger partial charge in [-0.05, 0) is 48.5 Å². The summed E-state index contributed by atoms with van der Waals surface area (Å²) in [6.07, 6.45) is -0.149. The lowest BCUT2D eigenvalue weighted by molar-refractivity contribution is -0.147. The summed E-state index contributed by atoms with van der Waals surface area (Å²) in [5, 5.41) is 5.79. The van der Waals surface area contributed by atoms with E-state index in [9.17, 15) is 14.4 Å². The number of esters is 1. The fourth-order valence-corrected chi connectivity index (χ4v) is 2.31. The number of carbonyl (C=O) groups is 3. The zero-order chi connectivity index (χ0) is 18.9. The summed E-state index contributed by atoms with van der Waals surface area (Å²) in [6, 6.07) is 13.6. The van der Waals surface area contributed by atoms with Crippen molar-refractivity contribution in [2.24, 2.45) is 0 Å². The highest BCUT2D eigenvalue weighted by Gasteiger charge is 2.11. The van der Waals surface area contributed by atoms with E-state index in [-0.39, 0.29) is 18.7 Å². The van der Waals surface area contributed by atoms with E-state index < -0.39 is 18.5 Å². The molecule has 0 fully saturated rings. The molecule has 0 aliphatic heterocycles. The van der Waals surface area contributed by atoms with Crippen LogP contribution in [0.5, 0.6) is 0 Å². The van der Waals surface area contributed by atoms with E-state index in [1.807, 2.05) is 0 Å². The van der Waals surface area contributed by atoms with Gasteiger partial charge in [-0.2, -0.15) is 0 Å². The van der Waals surface area contributed by atoms with Gasteiger partial charge in [0.2, 0.25) is 5.91 Å². The molecule has 0 saturated carbocycles. The zero-order valence-corrected chi connectivity index (χ0v) is 16.0. The number of rotatable bonds is 7. The molecule has 2 aromatic rings. The second kappa shape index (κ2) is 9.94. The van der Waals surface area contributed by atoms with Crippen molar-refractivity contribution in [3.8, 4) is 0 Å². The average molecular weight is 440 g/mol. The first-order chi connectivity index (χ1) is 12.4. The quantitative estimate of drug-likeness (QED) is 0.639. The monoisotopic (exact) mass is 438 g/mol. The molecule has 0 unspecified atom stereocenters. The van der Waals surface area contributed by atoms with E-state index in [4.69, 9.17) is 16.3 Å². The van der Waals surface area contributed by atoms with Crippen LogP contribution in [0.4, 0.5) is 11.4 Å². The minimum atomic E-state index is -0.623. The van der Waals surface area contributed by atoms with Crippen LogP contribution in [0.2, 0.25) is 5.02 Å². The molecule has 0 heterocycles. The Morgan fingerprint density at radius 2 is 1.38 bits per heavy atom. The standard InChI is InChI=1S/C18H16BrClN2O4/c19-12-1-5-14(6-2-12)21-16(23)9-10-18(25)26-11-17(24)22-15-7-3-13(20)4-8-15/h1-8H,9-11H2,(H,21,23)(H,22,24). The number of ether oxygens (including phenoxy) is 1. The predicted octanol–water partition coefficient (Wildman–Crippen LogP) is 4.00. The maximum Gasteiger partial charge on any atom is 0.306 e. The van der Waals surface area contributed by atoms with Crippen LogP contribution in [0.25, 0.3) is 0 Å². The number of halogens is 2. The van der Waals surface area contributed by atoms with Gasteiger partial charge in [0.15, 0.2) is 6.61 Å². The number of carbonyl (C=O) groups excluding carboxylic acids is 3. The van der Waals surface area contributed by atoms with Crippen molar-refractivity contribution in [1.29, 1.82) is 0 Å². The molecule has 136 valence electrons. The number of benzene rings is 2. The van der Waals surface area contributed by atoms with Crippen LogP contribution in [0, 0.1) is 0 Å². The van der Waals surface area contributed by atoms with Crippen molar-refractivity contribution in [2.45, 2.75) is 12.8 Å². The average Bonchev–Trinajstić information content (AvgIpc) is 2.62. The molecule has 0 aromatic heterocycles. The van der Waals surface area contributed by atoms with Gasteiger partial charge in [0.1, 0.15) is 0 Å². The van der Waals surface area contributed by atoms with Crippen LogP contribution < -0.4 is 10.6 Å². The third kappa shape index (κ3) is 7.25. The fraction of sp³-hybridized carbons (Fsp3) is 0.167. The van der Waals surface area contributed by atoms with Gasteiger partial charge in [-0.3, -0.25) is 14.4 Å². The van der Waals surface area contributed by atoms with Gasteiger partial charge in [-0.25, -0.2) is 0 Å². The molecule has 2 N–H and O–H groups in total. The summed E-state index contributed by atoms with van der Waals surface area (Å²) in [4.78, 5) is 35.1. The Kier molecular flexibility index (Phi) is 7.62. The highest BCUT2D eigenvalue weighted by Crippen LogP contribution is 2.15. The SMILES string of the molecule is O=C(CCC(=O)OCC(=O)Nc1ccc(Cl)cc1)Nc1ccc(Br)cc1. The Balaban J connectivity index is 1.66. The van der Waals surface area contributed by atoms with E-state index in [1.54, 1.807) is 48.5 Å². The molecule has 2 aromatic carbocycles. The number of hydrogen-bond acceptors (Lipinski definition) is 4. The number of nitrogens with one attached hydrogen (secondary N) is 2. The van der Waals surface area contributed by atoms with Gasteiger partial charge >= 0.3 is 5.97 Å². The van der Waals surface area contributed by atoms with E-state index in [2.05, 4.69) is 26.6 Å². The Hall–Kier alpha value is -2.38. The summed E-state index contributed by atoms with van der Waals surface area (Å²) >= 11 is 9.05. The van der Waals surface area contributed by atoms with Crippen molar-refractivity contribution >= 4 is 56.7 Å². The minimum Gasteiger partial charge on any atom is -0.456 e. The second-order valence-corrected chi connectivity index (χ2v) is 6.62. The third-order valence-electron chi connectivity index (χ3n) is 3.18. The number of hydrogen-bond donors (Lipinski definition) is 2. The molecule has 6 nitrogen and oxygen atoms in total. The molecule has 0 spiro atoms. The van der Waals surface area contributed by atoms with E-state index in [0.29, 0.717) is 16.4 Å². The van der Waals surface area contributed by atoms with Crippen LogP contribution in [0.1, 0.15) is 12.8 Å². The Morgan fingerprint density at radius 3 is 2.00 bits per heavy atom. The molecule has 0 bridgehead atoms. The molecular weight excluding hydrogens is 424 g/mol. The van der Waals surface area contributed by atoms with Crippen molar-refractivity contribution < 1.29 is 19.1 Å². The van der Waals surface area contributed by atoms with Crippen LogP contribution in [0.3, 0.4) is 0 Å². The van der Waals surface area contributed by atoms with Gasteiger partial charge in [0, 0.05) is 27.3 Å². The van der Waals surface area contributed by atoms with Crippen molar-refractivity contribution in [3.05, 3.63) is 58.0 Å². The summed E-state index contributed by atoms with van der Waals surface area (Å²) in [7, 11) is 0. The van der Waals surface area contributed by atoms with Crippen molar-refractivity contribution in [2.75, 3.05) is 17.2 Å². The first-order valence-corrected chi connectivity index (χ1v) is 8.86.